The molecule has 0 unspecified atom stereocenters. The number of carbonyl (C=O) groups excluding carboxylic acids is 1. The van der Waals surface area contributed by atoms with Crippen LogP contribution in [0.4, 0.5) is 10.8 Å². The maximum atomic E-state index is 12.8. The molecule has 0 bridgehead atoms. The second-order valence-corrected chi connectivity index (χ2v) is 8.88. The van der Waals surface area contributed by atoms with Gasteiger partial charge in [-0.1, -0.05) is 29.0 Å². The Hall–Kier alpha value is -2.94. The second-order valence-electron chi connectivity index (χ2n) is 7.90. The van der Waals surface area contributed by atoms with E-state index in [1.807, 2.05) is 32.9 Å². The van der Waals surface area contributed by atoms with Crippen LogP contribution in [0.15, 0.2) is 21.7 Å². The highest BCUT2D eigenvalue weighted by Gasteiger charge is 2.22. The molecule has 4 rings (SSSR count). The first kappa shape index (κ1) is 20.3. The van der Waals surface area contributed by atoms with E-state index in [4.69, 9.17) is 0 Å². The monoisotopic (exact) mass is 427 g/mol. The summed E-state index contributed by atoms with van der Waals surface area (Å²) in [7, 11) is 1.43. The molecule has 1 aliphatic rings. The van der Waals surface area contributed by atoms with Crippen LogP contribution in [0.1, 0.15) is 29.5 Å². The van der Waals surface area contributed by atoms with Crippen LogP contribution in [0.2, 0.25) is 0 Å². The Morgan fingerprint density at radius 1 is 1.13 bits per heavy atom. The van der Waals surface area contributed by atoms with Crippen molar-refractivity contribution in [2.75, 3.05) is 23.3 Å². The smallest absolute Gasteiger partial charge is 0.332 e. The lowest BCUT2D eigenvalue weighted by molar-refractivity contribution is -0.116. The third-order valence-corrected chi connectivity index (χ3v) is 6.58. The topological polar surface area (TPSA) is 89.2 Å². The fourth-order valence-electron chi connectivity index (χ4n) is 4.02. The number of aromatic nitrogens is 3. The van der Waals surface area contributed by atoms with Gasteiger partial charge in [-0.3, -0.25) is 18.7 Å². The molecule has 1 aliphatic heterocycles. The van der Waals surface area contributed by atoms with Crippen LogP contribution in [0.5, 0.6) is 0 Å². The number of fused-ring (bicyclic) bond motifs is 1. The molecular formula is C21H25N5O3S. The summed E-state index contributed by atoms with van der Waals surface area (Å²) in [6, 6.07) is 4.00. The molecule has 1 aromatic carbocycles. The van der Waals surface area contributed by atoms with Crippen LogP contribution < -0.4 is 21.5 Å². The summed E-state index contributed by atoms with van der Waals surface area (Å²) in [5.74, 6) is -0.331. The van der Waals surface area contributed by atoms with Crippen LogP contribution in [-0.2, 0) is 18.4 Å². The maximum Gasteiger partial charge on any atom is 0.332 e. The van der Waals surface area contributed by atoms with Crippen LogP contribution in [0.25, 0.3) is 10.3 Å². The Bertz CT molecular complexity index is 1240. The summed E-state index contributed by atoms with van der Waals surface area (Å²) in [6.07, 6.45) is 2.16. The Kier molecular flexibility index (Phi) is 5.23. The molecule has 0 atom stereocenters. The number of benzene rings is 1. The van der Waals surface area contributed by atoms with Gasteiger partial charge in [0.25, 0.3) is 5.56 Å². The van der Waals surface area contributed by atoms with Gasteiger partial charge >= 0.3 is 5.69 Å². The Morgan fingerprint density at radius 2 is 1.77 bits per heavy atom. The van der Waals surface area contributed by atoms with Crippen molar-refractivity contribution in [1.29, 1.82) is 0 Å². The Balaban J connectivity index is 1.72. The number of rotatable bonds is 4. The fraction of sp³-hybridized carbons (Fsp3) is 0.429. The van der Waals surface area contributed by atoms with Gasteiger partial charge in [-0.2, -0.15) is 0 Å². The number of hydrogen-bond donors (Lipinski definition) is 1. The molecule has 1 amide bonds. The van der Waals surface area contributed by atoms with E-state index >= 15 is 0 Å². The number of thiazole rings is 1. The molecule has 3 heterocycles. The molecule has 0 saturated carbocycles. The highest BCUT2D eigenvalue weighted by molar-refractivity contribution is 7.22. The molecule has 158 valence electrons. The molecule has 0 aliphatic carbocycles. The van der Waals surface area contributed by atoms with Gasteiger partial charge in [0.15, 0.2) is 10.8 Å². The molecule has 1 saturated heterocycles. The molecule has 2 aromatic heterocycles. The molecule has 3 aromatic rings. The third-order valence-electron chi connectivity index (χ3n) is 5.49. The number of carbonyl (C=O) groups is 1. The lowest BCUT2D eigenvalue weighted by Gasteiger charge is -2.14. The zero-order valence-corrected chi connectivity index (χ0v) is 18.4. The van der Waals surface area contributed by atoms with Crippen molar-refractivity contribution in [1.82, 2.24) is 14.1 Å². The second kappa shape index (κ2) is 7.71. The normalized spacial score (nSPS) is 13.9. The van der Waals surface area contributed by atoms with E-state index in [1.165, 1.54) is 23.0 Å². The number of aryl methyl sites for hydroxylation is 3. The summed E-state index contributed by atoms with van der Waals surface area (Å²) in [6.45, 7) is 7.45. The number of amides is 1. The van der Waals surface area contributed by atoms with Crippen molar-refractivity contribution in [3.8, 4) is 0 Å². The first-order valence-electron chi connectivity index (χ1n) is 9.99. The van der Waals surface area contributed by atoms with Crippen LogP contribution in [0.3, 0.4) is 0 Å². The lowest BCUT2D eigenvalue weighted by Crippen LogP contribution is -2.40. The van der Waals surface area contributed by atoms with E-state index in [-0.39, 0.29) is 23.7 Å². The van der Waals surface area contributed by atoms with Gasteiger partial charge in [-0.15, -0.1) is 0 Å². The molecule has 1 N–H and O–H groups in total. The van der Waals surface area contributed by atoms with Gasteiger partial charge < -0.3 is 10.2 Å². The van der Waals surface area contributed by atoms with Crippen LogP contribution in [0, 0.1) is 20.8 Å². The van der Waals surface area contributed by atoms with Gasteiger partial charge in [0.05, 0.1) is 0 Å². The highest BCUT2D eigenvalue weighted by atomic mass is 32.1. The maximum absolute atomic E-state index is 12.8. The van der Waals surface area contributed by atoms with Gasteiger partial charge in [-0.05, 0) is 44.7 Å². The van der Waals surface area contributed by atoms with Crippen molar-refractivity contribution >= 4 is 38.4 Å². The predicted octanol–water partition coefficient (Wildman–Crippen LogP) is 2.32. The minimum Gasteiger partial charge on any atom is -0.348 e. The van der Waals surface area contributed by atoms with E-state index in [2.05, 4.69) is 15.2 Å². The summed E-state index contributed by atoms with van der Waals surface area (Å²) in [4.78, 5) is 45.0. The fourth-order valence-corrected chi connectivity index (χ4v) is 5.12. The van der Waals surface area contributed by atoms with Crippen LogP contribution in [-0.4, -0.2) is 33.1 Å². The quantitative estimate of drug-likeness (QED) is 0.690. The van der Waals surface area contributed by atoms with Gasteiger partial charge in [-0.25, -0.2) is 9.78 Å². The molecular weight excluding hydrogens is 402 g/mol. The Morgan fingerprint density at radius 3 is 2.40 bits per heavy atom. The van der Waals surface area contributed by atoms with Gasteiger partial charge in [0.1, 0.15) is 11.2 Å². The highest BCUT2D eigenvalue weighted by Crippen LogP contribution is 2.28. The van der Waals surface area contributed by atoms with E-state index < -0.39 is 5.69 Å². The lowest BCUT2D eigenvalue weighted by atomic mass is 10.1. The third kappa shape index (κ3) is 3.54. The summed E-state index contributed by atoms with van der Waals surface area (Å²) in [5, 5.41) is 3.65. The van der Waals surface area contributed by atoms with E-state index in [0.717, 1.165) is 58.0 Å². The average molecular weight is 428 g/mol. The van der Waals surface area contributed by atoms with Gasteiger partial charge in [0, 0.05) is 25.8 Å². The minimum absolute atomic E-state index is 0.209. The van der Waals surface area contributed by atoms with Crippen molar-refractivity contribution in [3.05, 3.63) is 49.7 Å². The van der Waals surface area contributed by atoms with E-state index in [1.54, 1.807) is 0 Å². The first-order chi connectivity index (χ1) is 14.3. The summed E-state index contributed by atoms with van der Waals surface area (Å²) >= 11 is 1.29. The van der Waals surface area contributed by atoms with Crippen molar-refractivity contribution in [2.24, 2.45) is 7.05 Å². The van der Waals surface area contributed by atoms with Crippen molar-refractivity contribution in [3.63, 3.8) is 0 Å². The summed E-state index contributed by atoms with van der Waals surface area (Å²) in [5.41, 5.74) is 3.15. The number of anilines is 2. The van der Waals surface area contributed by atoms with Crippen molar-refractivity contribution in [2.45, 2.75) is 40.2 Å². The van der Waals surface area contributed by atoms with Crippen LogP contribution >= 0.6 is 11.3 Å². The predicted molar refractivity (Wildman–Crippen MR) is 120 cm³/mol. The zero-order valence-electron chi connectivity index (χ0n) is 17.6. The van der Waals surface area contributed by atoms with Gasteiger partial charge in [0.2, 0.25) is 5.91 Å². The molecule has 0 radical (unpaired) electrons. The molecule has 8 nitrogen and oxygen atoms in total. The number of nitrogens with zero attached hydrogens (tertiary/aromatic N) is 4. The molecule has 9 heteroatoms. The molecule has 0 spiro atoms. The minimum atomic E-state index is -0.543. The molecule has 1 fully saturated rings. The zero-order chi connectivity index (χ0) is 21.6. The van der Waals surface area contributed by atoms with E-state index in [0.29, 0.717) is 4.70 Å². The van der Waals surface area contributed by atoms with E-state index in [9.17, 15) is 14.4 Å². The number of hydrogen-bond acceptors (Lipinski definition) is 6. The largest absolute Gasteiger partial charge is 0.348 e. The average Bonchev–Trinajstić information content (AvgIpc) is 3.36. The first-order valence-corrected chi connectivity index (χ1v) is 10.8. The Labute approximate surface area is 177 Å². The standard InChI is InChI=1S/C21H25N5O3S/c1-12-9-13(2)16(14(3)10-12)22-15(27)11-26-18-17(19(28)24(4)21(26)29)30-20(23-18)25-7-5-6-8-25/h9-10H,5-8,11H2,1-4H3,(H,22,27). The molecule has 30 heavy (non-hydrogen) atoms. The number of nitrogens with one attached hydrogen (secondary N) is 1. The summed E-state index contributed by atoms with van der Waals surface area (Å²) < 4.78 is 2.74. The van der Waals surface area contributed by atoms with Crippen molar-refractivity contribution < 1.29 is 4.79 Å². The SMILES string of the molecule is Cc1cc(C)c(NC(=O)Cn2c(=O)n(C)c(=O)c3sc(N4CCCC4)nc32)c(C)c1.